The molecule has 30 heavy (non-hydrogen) atoms. The molecule has 4 amide bonds. The van der Waals surface area contributed by atoms with E-state index in [4.69, 9.17) is 4.74 Å². The van der Waals surface area contributed by atoms with Gasteiger partial charge >= 0.3 is 6.03 Å². The number of aromatic nitrogens is 1. The fraction of sp³-hybridized carbons (Fsp3) is 0.318. The van der Waals surface area contributed by atoms with Gasteiger partial charge in [-0.15, -0.1) is 0 Å². The Morgan fingerprint density at radius 1 is 1.23 bits per heavy atom. The molecule has 0 spiro atoms. The molecule has 2 heterocycles. The lowest BCUT2D eigenvalue weighted by Crippen LogP contribution is -2.38. The zero-order valence-electron chi connectivity index (χ0n) is 17.8. The van der Waals surface area contributed by atoms with Crippen molar-refractivity contribution in [3.05, 3.63) is 53.0 Å². The van der Waals surface area contributed by atoms with Gasteiger partial charge in [0.25, 0.3) is 5.91 Å². The summed E-state index contributed by atoms with van der Waals surface area (Å²) >= 11 is 0. The molecule has 2 aromatic rings. The minimum atomic E-state index is -0.626. The van der Waals surface area contributed by atoms with Gasteiger partial charge in [0, 0.05) is 17.4 Å². The summed E-state index contributed by atoms with van der Waals surface area (Å²) in [5, 5.41) is 5.23. The third-order valence-corrected chi connectivity index (χ3v) is 4.98. The highest BCUT2D eigenvalue weighted by Crippen LogP contribution is 2.25. The summed E-state index contributed by atoms with van der Waals surface area (Å²) in [5.41, 5.74) is 3.54. The van der Waals surface area contributed by atoms with Crippen LogP contribution in [-0.2, 0) is 9.59 Å². The summed E-state index contributed by atoms with van der Waals surface area (Å²) in [6.45, 7) is 7.74. The lowest BCUT2D eigenvalue weighted by Gasteiger charge is -2.13. The van der Waals surface area contributed by atoms with Gasteiger partial charge in [-0.2, -0.15) is 0 Å². The van der Waals surface area contributed by atoms with Crippen LogP contribution in [0, 0.1) is 13.8 Å². The highest BCUT2D eigenvalue weighted by atomic mass is 16.5. The van der Waals surface area contributed by atoms with E-state index >= 15 is 0 Å². The predicted octanol–water partition coefficient (Wildman–Crippen LogP) is 3.23. The summed E-state index contributed by atoms with van der Waals surface area (Å²) in [6.07, 6.45) is 1.65. The van der Waals surface area contributed by atoms with E-state index < -0.39 is 24.4 Å². The van der Waals surface area contributed by atoms with Crippen LogP contribution in [0.25, 0.3) is 6.08 Å². The molecule has 1 fully saturated rings. The average Bonchev–Trinajstić information content (AvgIpc) is 3.11. The Hall–Kier alpha value is -3.55. The van der Waals surface area contributed by atoms with Crippen molar-refractivity contribution in [2.75, 3.05) is 19.0 Å². The molecule has 1 saturated heterocycles. The number of nitrogens with zero attached hydrogens (tertiary/aromatic N) is 2. The van der Waals surface area contributed by atoms with Gasteiger partial charge in [-0.25, -0.2) is 9.69 Å². The van der Waals surface area contributed by atoms with Crippen molar-refractivity contribution in [1.29, 1.82) is 0 Å². The quantitative estimate of drug-likeness (QED) is 0.565. The number of aryl methyl sites for hydroxylation is 1. The lowest BCUT2D eigenvalue weighted by atomic mass is 10.2. The molecule has 3 rings (SSSR count). The number of ether oxygens (including phenoxy) is 1. The van der Waals surface area contributed by atoms with E-state index in [1.165, 1.54) is 7.11 Å². The van der Waals surface area contributed by atoms with E-state index in [-0.39, 0.29) is 11.7 Å². The number of carbonyl (C=O) groups excluding carboxylic acids is 3. The van der Waals surface area contributed by atoms with Crippen LogP contribution in [-0.4, -0.2) is 41.0 Å². The second kappa shape index (κ2) is 8.44. The molecule has 1 aromatic carbocycles. The van der Waals surface area contributed by atoms with Crippen LogP contribution in [0.3, 0.4) is 0 Å². The molecule has 8 nitrogen and oxygen atoms in total. The Balaban J connectivity index is 1.76. The van der Waals surface area contributed by atoms with Gasteiger partial charge in [0.05, 0.1) is 12.8 Å². The highest BCUT2D eigenvalue weighted by Gasteiger charge is 2.35. The summed E-state index contributed by atoms with van der Waals surface area (Å²) in [4.78, 5) is 38.3. The lowest BCUT2D eigenvalue weighted by molar-refractivity contribution is -0.127. The molecule has 0 bridgehead atoms. The fourth-order valence-electron chi connectivity index (χ4n) is 3.70. The summed E-state index contributed by atoms with van der Waals surface area (Å²) in [6, 6.07) is 8.54. The number of methoxy groups -OCH3 is 1. The van der Waals surface area contributed by atoms with Gasteiger partial charge in [-0.05, 0) is 57.5 Å². The number of carbonyl (C=O) groups is 3. The molecule has 8 heteroatoms. The van der Waals surface area contributed by atoms with Gasteiger partial charge in [0.1, 0.15) is 18.0 Å². The molecule has 0 unspecified atom stereocenters. The van der Waals surface area contributed by atoms with Crippen molar-refractivity contribution in [3.63, 3.8) is 0 Å². The van der Waals surface area contributed by atoms with Gasteiger partial charge < -0.3 is 19.9 Å². The van der Waals surface area contributed by atoms with Gasteiger partial charge in [0.2, 0.25) is 5.91 Å². The second-order valence-corrected chi connectivity index (χ2v) is 7.42. The highest BCUT2D eigenvalue weighted by molar-refractivity contribution is 6.16. The molecular formula is C22H26N4O4. The SMILES string of the molecule is COc1ccccc1NC(=O)CN1C(=O)N/C(=C/c2cc(C)n(C(C)C)c2C)C1=O. The number of hydrogen-bond acceptors (Lipinski definition) is 4. The van der Waals surface area contributed by atoms with Crippen molar-refractivity contribution in [1.82, 2.24) is 14.8 Å². The molecule has 0 saturated carbocycles. The molecule has 1 aliphatic rings. The molecule has 2 N–H and O–H groups in total. The minimum absolute atomic E-state index is 0.147. The van der Waals surface area contributed by atoms with Crippen LogP contribution in [0.1, 0.15) is 36.8 Å². The van der Waals surface area contributed by atoms with Crippen LogP contribution in [0.4, 0.5) is 10.5 Å². The Labute approximate surface area is 175 Å². The van der Waals surface area contributed by atoms with E-state index in [1.807, 2.05) is 19.9 Å². The van der Waals surface area contributed by atoms with Crippen molar-refractivity contribution < 1.29 is 19.1 Å². The Bertz CT molecular complexity index is 1040. The van der Waals surface area contributed by atoms with E-state index in [0.717, 1.165) is 21.9 Å². The third-order valence-electron chi connectivity index (χ3n) is 4.98. The molecule has 158 valence electrons. The van der Waals surface area contributed by atoms with Crippen molar-refractivity contribution in [2.24, 2.45) is 0 Å². The number of para-hydroxylation sites is 2. The molecule has 0 atom stereocenters. The molecule has 1 aromatic heterocycles. The standard InChI is InChI=1S/C22H26N4O4/c1-13(2)26-14(3)10-16(15(26)4)11-18-21(28)25(22(29)24-18)12-20(27)23-17-8-6-7-9-19(17)30-5/h6-11,13H,12H2,1-5H3,(H,23,27)(H,24,29)/b18-11+. The molecule has 0 radical (unpaired) electrons. The monoisotopic (exact) mass is 410 g/mol. The van der Waals surface area contributed by atoms with Crippen molar-refractivity contribution in [3.8, 4) is 5.75 Å². The topological polar surface area (TPSA) is 92.7 Å². The van der Waals surface area contributed by atoms with E-state index in [2.05, 4.69) is 29.0 Å². The van der Waals surface area contributed by atoms with Crippen LogP contribution in [0.2, 0.25) is 0 Å². The van der Waals surface area contributed by atoms with Gasteiger partial charge in [-0.3, -0.25) is 9.59 Å². The Morgan fingerprint density at radius 2 is 1.93 bits per heavy atom. The third kappa shape index (κ3) is 4.07. The number of rotatable bonds is 6. The van der Waals surface area contributed by atoms with Gasteiger partial charge in [0.15, 0.2) is 0 Å². The first kappa shape index (κ1) is 21.2. The largest absolute Gasteiger partial charge is 0.495 e. The van der Waals surface area contributed by atoms with Crippen molar-refractivity contribution >= 4 is 29.6 Å². The van der Waals surface area contributed by atoms with Crippen molar-refractivity contribution in [2.45, 2.75) is 33.7 Å². The number of amides is 4. The first-order chi connectivity index (χ1) is 14.2. The van der Waals surface area contributed by atoms with Gasteiger partial charge in [-0.1, -0.05) is 12.1 Å². The Morgan fingerprint density at radius 3 is 2.57 bits per heavy atom. The number of urea groups is 1. The number of hydrogen-bond donors (Lipinski definition) is 2. The predicted molar refractivity (Wildman–Crippen MR) is 114 cm³/mol. The maximum Gasteiger partial charge on any atom is 0.329 e. The maximum atomic E-state index is 12.7. The fourth-order valence-corrected chi connectivity index (χ4v) is 3.70. The van der Waals surface area contributed by atoms with E-state index in [0.29, 0.717) is 11.4 Å². The summed E-state index contributed by atoms with van der Waals surface area (Å²) < 4.78 is 7.35. The minimum Gasteiger partial charge on any atom is -0.495 e. The van der Waals surface area contributed by atoms with Crippen LogP contribution in [0.5, 0.6) is 5.75 Å². The molecule has 1 aliphatic heterocycles. The smallest absolute Gasteiger partial charge is 0.329 e. The molecular weight excluding hydrogens is 384 g/mol. The number of nitrogens with one attached hydrogen (secondary N) is 2. The van der Waals surface area contributed by atoms with Crippen LogP contribution < -0.4 is 15.4 Å². The first-order valence-corrected chi connectivity index (χ1v) is 9.68. The normalized spacial score (nSPS) is 15.1. The Kier molecular flexibility index (Phi) is 5.96. The zero-order chi connectivity index (χ0) is 22.0. The summed E-state index contributed by atoms with van der Waals surface area (Å²) in [5.74, 6) is -0.545. The zero-order valence-corrected chi connectivity index (χ0v) is 17.8. The average molecular weight is 410 g/mol. The molecule has 0 aliphatic carbocycles. The van der Waals surface area contributed by atoms with E-state index in [9.17, 15) is 14.4 Å². The number of benzene rings is 1. The second-order valence-electron chi connectivity index (χ2n) is 7.42. The first-order valence-electron chi connectivity index (χ1n) is 9.68. The number of imide groups is 1. The van der Waals surface area contributed by atoms with E-state index in [1.54, 1.807) is 30.3 Å². The summed E-state index contributed by atoms with van der Waals surface area (Å²) in [7, 11) is 1.50. The van der Waals surface area contributed by atoms with Crippen LogP contribution >= 0.6 is 0 Å². The number of anilines is 1. The van der Waals surface area contributed by atoms with Crippen LogP contribution in [0.15, 0.2) is 36.0 Å². The maximum absolute atomic E-state index is 12.7.